The Kier molecular flexibility index (Phi) is 5.99. The summed E-state index contributed by atoms with van der Waals surface area (Å²) in [6.45, 7) is 5.70. The molecule has 9 heavy (non-hydrogen) atoms. The third kappa shape index (κ3) is 7.92. The molecule has 0 aromatic rings. The minimum absolute atomic E-state index is 0.207. The first-order valence-electron chi connectivity index (χ1n) is 3.66. The van der Waals surface area contributed by atoms with Gasteiger partial charge in [-0.2, -0.15) is 0 Å². The van der Waals surface area contributed by atoms with Gasteiger partial charge in [0.1, 0.15) is 0 Å². The molecule has 0 amide bonds. The van der Waals surface area contributed by atoms with Gasteiger partial charge in [0.05, 0.1) is 6.10 Å². The molecule has 0 saturated heterocycles. The van der Waals surface area contributed by atoms with Crippen LogP contribution in [0, 0.1) is 0 Å². The van der Waals surface area contributed by atoms with Crippen LogP contribution in [0.4, 0.5) is 0 Å². The van der Waals surface area contributed by atoms with Crippen molar-refractivity contribution in [2.24, 2.45) is 0 Å². The number of unbranched alkanes of at least 4 members (excludes halogenated alkanes) is 1. The lowest BCUT2D eigenvalue weighted by Gasteiger charge is -2.04. The van der Waals surface area contributed by atoms with Gasteiger partial charge in [-0.15, -0.1) is 0 Å². The molecule has 0 radical (unpaired) electrons. The minimum Gasteiger partial charge on any atom is -0.392 e. The second-order valence-corrected chi connectivity index (χ2v) is 2.41. The molecule has 2 N–H and O–H groups in total. The topological polar surface area (TPSA) is 32.3 Å². The van der Waals surface area contributed by atoms with Gasteiger partial charge in [0.2, 0.25) is 0 Å². The Bertz CT molecular complexity index is 54.9. The lowest BCUT2D eigenvalue weighted by atomic mass is 10.3. The Morgan fingerprint density at radius 3 is 2.67 bits per heavy atom. The van der Waals surface area contributed by atoms with Crippen LogP contribution in [0.3, 0.4) is 0 Å². The largest absolute Gasteiger partial charge is 0.392 e. The molecule has 0 aromatic heterocycles. The van der Waals surface area contributed by atoms with Gasteiger partial charge in [-0.25, -0.2) is 0 Å². The molecule has 0 aliphatic carbocycles. The highest BCUT2D eigenvalue weighted by molar-refractivity contribution is 4.51. The summed E-state index contributed by atoms with van der Waals surface area (Å²) in [6.07, 6.45) is 2.21. The van der Waals surface area contributed by atoms with Crippen molar-refractivity contribution in [3.05, 3.63) is 0 Å². The van der Waals surface area contributed by atoms with Gasteiger partial charge in [0.25, 0.3) is 0 Å². The van der Waals surface area contributed by atoms with Crippen LogP contribution >= 0.6 is 0 Å². The lowest BCUT2D eigenvalue weighted by molar-refractivity contribution is 0.191. The molecule has 0 bridgehead atoms. The van der Waals surface area contributed by atoms with Crippen molar-refractivity contribution in [2.45, 2.75) is 32.8 Å². The normalized spacial score (nSPS) is 13.7. The fraction of sp³-hybridized carbons (Fsp3) is 1.00. The Morgan fingerprint density at radius 2 is 2.22 bits per heavy atom. The quantitative estimate of drug-likeness (QED) is 0.540. The fourth-order valence-electron chi connectivity index (χ4n) is 0.613. The highest BCUT2D eigenvalue weighted by atomic mass is 16.3. The Morgan fingerprint density at radius 1 is 1.56 bits per heavy atom. The van der Waals surface area contributed by atoms with Crippen LogP contribution in [0.15, 0.2) is 0 Å². The van der Waals surface area contributed by atoms with Gasteiger partial charge in [-0.05, 0) is 19.9 Å². The molecule has 0 heterocycles. The molecule has 0 aliphatic heterocycles. The van der Waals surface area contributed by atoms with E-state index in [0.717, 1.165) is 13.1 Å². The molecule has 0 rings (SSSR count). The van der Waals surface area contributed by atoms with Crippen LogP contribution in [0.5, 0.6) is 0 Å². The molecule has 0 saturated carbocycles. The zero-order valence-electron chi connectivity index (χ0n) is 6.35. The van der Waals surface area contributed by atoms with Gasteiger partial charge < -0.3 is 10.4 Å². The van der Waals surface area contributed by atoms with Crippen LogP contribution in [-0.4, -0.2) is 24.3 Å². The molecular formula is C7H17NO. The maximum atomic E-state index is 8.79. The third-order valence-electron chi connectivity index (χ3n) is 1.15. The second-order valence-electron chi connectivity index (χ2n) is 2.41. The Labute approximate surface area is 57.3 Å². The van der Waals surface area contributed by atoms with Crippen molar-refractivity contribution < 1.29 is 5.11 Å². The van der Waals surface area contributed by atoms with Crippen LogP contribution in [0.2, 0.25) is 0 Å². The average molecular weight is 131 g/mol. The second kappa shape index (κ2) is 6.05. The molecule has 56 valence electrons. The van der Waals surface area contributed by atoms with E-state index in [0.29, 0.717) is 0 Å². The summed E-state index contributed by atoms with van der Waals surface area (Å²) in [5.41, 5.74) is 0. The number of hydrogen-bond acceptors (Lipinski definition) is 2. The predicted octanol–water partition coefficient (Wildman–Crippen LogP) is 0.757. The first-order valence-corrected chi connectivity index (χ1v) is 3.66. The van der Waals surface area contributed by atoms with Crippen LogP contribution in [-0.2, 0) is 0 Å². The van der Waals surface area contributed by atoms with E-state index in [4.69, 9.17) is 5.11 Å². The van der Waals surface area contributed by atoms with E-state index in [1.165, 1.54) is 12.8 Å². The molecule has 2 nitrogen and oxygen atoms in total. The van der Waals surface area contributed by atoms with Crippen molar-refractivity contribution in [3.63, 3.8) is 0 Å². The van der Waals surface area contributed by atoms with E-state index in [1.807, 2.05) is 0 Å². The minimum atomic E-state index is -0.207. The van der Waals surface area contributed by atoms with Gasteiger partial charge in [-0.3, -0.25) is 0 Å². The van der Waals surface area contributed by atoms with Crippen molar-refractivity contribution in [2.75, 3.05) is 13.1 Å². The van der Waals surface area contributed by atoms with Crippen LogP contribution in [0.1, 0.15) is 26.7 Å². The van der Waals surface area contributed by atoms with E-state index in [9.17, 15) is 0 Å². The van der Waals surface area contributed by atoms with Crippen molar-refractivity contribution in [1.82, 2.24) is 5.32 Å². The smallest absolute Gasteiger partial charge is 0.0636 e. The number of rotatable bonds is 5. The summed E-state index contributed by atoms with van der Waals surface area (Å²) < 4.78 is 0. The predicted molar refractivity (Wildman–Crippen MR) is 39.5 cm³/mol. The molecule has 0 spiro atoms. The fourth-order valence-corrected chi connectivity index (χ4v) is 0.613. The molecule has 0 aromatic carbocycles. The van der Waals surface area contributed by atoms with E-state index >= 15 is 0 Å². The standard InChI is InChI=1S/C7H17NO/c1-3-4-5-8-6-7(2)9/h7-9H,3-6H2,1-2H3/t7-/m0/s1. The average Bonchev–Trinajstić information content (AvgIpc) is 1.80. The molecule has 0 fully saturated rings. The SMILES string of the molecule is CCCCNC[C@H](C)O. The van der Waals surface area contributed by atoms with E-state index in [2.05, 4.69) is 12.2 Å². The summed E-state index contributed by atoms with van der Waals surface area (Å²) in [5.74, 6) is 0. The lowest BCUT2D eigenvalue weighted by Crippen LogP contribution is -2.25. The molecule has 0 aliphatic rings. The van der Waals surface area contributed by atoms with Gasteiger partial charge >= 0.3 is 0 Å². The van der Waals surface area contributed by atoms with E-state index in [1.54, 1.807) is 6.92 Å². The molecule has 2 heteroatoms. The first-order chi connectivity index (χ1) is 4.27. The number of aliphatic hydroxyl groups is 1. The number of nitrogens with one attached hydrogen (secondary N) is 1. The number of aliphatic hydroxyl groups excluding tert-OH is 1. The first kappa shape index (κ1) is 8.92. The van der Waals surface area contributed by atoms with Crippen LogP contribution in [0.25, 0.3) is 0 Å². The zero-order chi connectivity index (χ0) is 7.11. The monoisotopic (exact) mass is 131 g/mol. The Hall–Kier alpha value is -0.0800. The maximum absolute atomic E-state index is 8.79. The van der Waals surface area contributed by atoms with Crippen molar-refractivity contribution >= 4 is 0 Å². The van der Waals surface area contributed by atoms with Gasteiger partial charge in [-0.1, -0.05) is 13.3 Å². The zero-order valence-corrected chi connectivity index (χ0v) is 6.35. The maximum Gasteiger partial charge on any atom is 0.0636 e. The van der Waals surface area contributed by atoms with Gasteiger partial charge in [0, 0.05) is 6.54 Å². The van der Waals surface area contributed by atoms with Gasteiger partial charge in [0.15, 0.2) is 0 Å². The molecular weight excluding hydrogens is 114 g/mol. The summed E-state index contributed by atoms with van der Waals surface area (Å²) in [7, 11) is 0. The summed E-state index contributed by atoms with van der Waals surface area (Å²) >= 11 is 0. The highest BCUT2D eigenvalue weighted by Gasteiger charge is 1.91. The molecule has 0 unspecified atom stereocenters. The Balaban J connectivity index is 2.75. The van der Waals surface area contributed by atoms with E-state index < -0.39 is 0 Å². The summed E-state index contributed by atoms with van der Waals surface area (Å²) in [4.78, 5) is 0. The van der Waals surface area contributed by atoms with Crippen molar-refractivity contribution in [3.8, 4) is 0 Å². The number of hydrogen-bond donors (Lipinski definition) is 2. The van der Waals surface area contributed by atoms with Crippen LogP contribution < -0.4 is 5.32 Å². The summed E-state index contributed by atoms with van der Waals surface area (Å²) in [5, 5.41) is 11.9. The third-order valence-corrected chi connectivity index (χ3v) is 1.15. The van der Waals surface area contributed by atoms with Crippen molar-refractivity contribution in [1.29, 1.82) is 0 Å². The summed E-state index contributed by atoms with van der Waals surface area (Å²) in [6, 6.07) is 0. The molecule has 1 atom stereocenters. The highest BCUT2D eigenvalue weighted by Crippen LogP contribution is 1.82. The van der Waals surface area contributed by atoms with E-state index in [-0.39, 0.29) is 6.10 Å².